The van der Waals surface area contributed by atoms with Crippen molar-refractivity contribution in [3.63, 3.8) is 0 Å². The number of primary amides is 1. The Kier molecular flexibility index (Phi) is 5.88. The molecule has 4 N–H and O–H groups in total. The number of benzene rings is 3. The second-order valence-electron chi connectivity index (χ2n) is 8.46. The number of aryl methyl sites for hydroxylation is 2. The fourth-order valence-corrected chi connectivity index (χ4v) is 4.69. The summed E-state index contributed by atoms with van der Waals surface area (Å²) in [6, 6.07) is 18.6. The molecule has 0 saturated carbocycles. The van der Waals surface area contributed by atoms with Crippen molar-refractivity contribution in [2.24, 2.45) is 5.73 Å². The predicted octanol–water partition coefficient (Wildman–Crippen LogP) is 4.63. The van der Waals surface area contributed by atoms with E-state index in [1.54, 1.807) is 12.1 Å². The molecule has 0 aromatic heterocycles. The first kappa shape index (κ1) is 21.3. The van der Waals surface area contributed by atoms with Crippen LogP contribution >= 0.6 is 0 Å². The van der Waals surface area contributed by atoms with E-state index in [1.807, 2.05) is 12.1 Å². The van der Waals surface area contributed by atoms with E-state index in [1.165, 1.54) is 22.8 Å². The number of ether oxygens (including phenoxy) is 2. The summed E-state index contributed by atoms with van der Waals surface area (Å²) in [6.45, 7) is 0.251. The monoisotopic (exact) mass is 447 g/mol. The highest BCUT2D eigenvalue weighted by atomic mass is 19.1. The Bertz CT molecular complexity index is 1180. The van der Waals surface area contributed by atoms with Gasteiger partial charge in [0.05, 0.1) is 0 Å². The van der Waals surface area contributed by atoms with Crippen LogP contribution in [0.15, 0.2) is 60.7 Å². The Balaban J connectivity index is 1.24. The summed E-state index contributed by atoms with van der Waals surface area (Å²) in [5.41, 5.74) is 15.4. The maximum Gasteiger partial charge on any atom is 0.326 e. The van der Waals surface area contributed by atoms with Crippen LogP contribution in [0.4, 0.5) is 9.18 Å². The van der Waals surface area contributed by atoms with Crippen LogP contribution in [-0.2, 0) is 19.4 Å². The molecular formula is C26H26FN3O3. The second kappa shape index (κ2) is 9.11. The van der Waals surface area contributed by atoms with Gasteiger partial charge in [-0.05, 0) is 77.8 Å². The Morgan fingerprint density at radius 1 is 0.939 bits per heavy atom. The third-order valence-electron chi connectivity index (χ3n) is 6.26. The highest BCUT2D eigenvalue weighted by Gasteiger charge is 2.27. The van der Waals surface area contributed by atoms with Gasteiger partial charge in [-0.3, -0.25) is 5.43 Å². The number of carbonyl (C=O) groups excluding carboxylic acids is 1. The fraction of sp³-hybridized carbons (Fsp3) is 0.269. The summed E-state index contributed by atoms with van der Waals surface area (Å²) < 4.78 is 26.9. The lowest BCUT2D eigenvalue weighted by molar-refractivity contribution is 0.197. The minimum atomic E-state index is -0.697. The van der Waals surface area contributed by atoms with Gasteiger partial charge in [-0.15, -0.1) is 0 Å². The van der Waals surface area contributed by atoms with E-state index in [0.29, 0.717) is 5.56 Å². The number of amides is 2. The van der Waals surface area contributed by atoms with E-state index in [-0.39, 0.29) is 24.5 Å². The molecule has 3 aromatic carbocycles. The van der Waals surface area contributed by atoms with Crippen molar-refractivity contribution in [3.05, 3.63) is 94.3 Å². The van der Waals surface area contributed by atoms with Crippen molar-refractivity contribution in [2.45, 2.75) is 44.4 Å². The molecule has 0 fully saturated rings. The van der Waals surface area contributed by atoms with Gasteiger partial charge in [-0.25, -0.2) is 14.6 Å². The van der Waals surface area contributed by atoms with Crippen molar-refractivity contribution in [1.29, 1.82) is 0 Å². The number of urea groups is 1. The number of rotatable bonds is 7. The lowest BCUT2D eigenvalue weighted by Gasteiger charge is -2.18. The van der Waals surface area contributed by atoms with Crippen LogP contribution in [0, 0.1) is 5.82 Å². The lowest BCUT2D eigenvalue weighted by Crippen LogP contribution is -2.40. The fourth-order valence-electron chi connectivity index (χ4n) is 4.69. The molecule has 170 valence electrons. The molecule has 7 heteroatoms. The van der Waals surface area contributed by atoms with Crippen LogP contribution in [0.5, 0.6) is 11.5 Å². The summed E-state index contributed by atoms with van der Waals surface area (Å²) in [6.07, 6.45) is 3.58. The number of fused-ring (bicyclic) bond motifs is 2. The van der Waals surface area contributed by atoms with Crippen LogP contribution < -0.4 is 26.1 Å². The van der Waals surface area contributed by atoms with E-state index < -0.39 is 11.8 Å². The highest BCUT2D eigenvalue weighted by Crippen LogP contribution is 2.40. The van der Waals surface area contributed by atoms with Gasteiger partial charge < -0.3 is 15.2 Å². The smallest absolute Gasteiger partial charge is 0.326 e. The van der Waals surface area contributed by atoms with Gasteiger partial charge in [-0.2, -0.15) is 0 Å². The van der Waals surface area contributed by atoms with Crippen molar-refractivity contribution < 1.29 is 18.7 Å². The van der Waals surface area contributed by atoms with Crippen molar-refractivity contribution >= 4 is 6.03 Å². The Hall–Kier alpha value is -3.58. The molecule has 2 amide bonds. The predicted molar refractivity (Wildman–Crippen MR) is 122 cm³/mol. The SMILES string of the molecule is NC(=O)NNCc1ccc(OC2CCc3cc(OC4CCc5ccccc54)ccc32)c(F)c1. The number of halogens is 1. The number of hydrazine groups is 1. The molecule has 0 aliphatic heterocycles. The molecule has 0 bridgehead atoms. The van der Waals surface area contributed by atoms with E-state index >= 15 is 0 Å². The quantitative estimate of drug-likeness (QED) is 0.461. The van der Waals surface area contributed by atoms with Crippen molar-refractivity contribution in [1.82, 2.24) is 10.9 Å². The summed E-state index contributed by atoms with van der Waals surface area (Å²) >= 11 is 0. The Morgan fingerprint density at radius 3 is 2.52 bits per heavy atom. The summed E-state index contributed by atoms with van der Waals surface area (Å²) in [5.74, 6) is 0.632. The maximum atomic E-state index is 14.6. The van der Waals surface area contributed by atoms with Gasteiger partial charge >= 0.3 is 6.03 Å². The van der Waals surface area contributed by atoms with Gasteiger partial charge in [0.2, 0.25) is 0 Å². The topological polar surface area (TPSA) is 85.6 Å². The first-order chi connectivity index (χ1) is 16.1. The zero-order chi connectivity index (χ0) is 22.8. The van der Waals surface area contributed by atoms with Crippen LogP contribution in [0.25, 0.3) is 0 Å². The van der Waals surface area contributed by atoms with E-state index in [4.69, 9.17) is 15.2 Å². The molecular weight excluding hydrogens is 421 g/mol. The number of nitrogens with one attached hydrogen (secondary N) is 2. The number of hydrogen-bond donors (Lipinski definition) is 3. The van der Waals surface area contributed by atoms with Crippen LogP contribution in [-0.4, -0.2) is 6.03 Å². The van der Waals surface area contributed by atoms with Crippen molar-refractivity contribution in [3.8, 4) is 11.5 Å². The average molecular weight is 448 g/mol. The molecule has 3 aromatic rings. The van der Waals surface area contributed by atoms with Gasteiger partial charge in [0.25, 0.3) is 0 Å². The molecule has 0 saturated heterocycles. The third-order valence-corrected chi connectivity index (χ3v) is 6.26. The van der Waals surface area contributed by atoms with Crippen LogP contribution in [0.2, 0.25) is 0 Å². The minimum absolute atomic E-state index is 0.0907. The van der Waals surface area contributed by atoms with Gasteiger partial charge in [0.15, 0.2) is 11.6 Å². The largest absolute Gasteiger partial charge is 0.486 e. The zero-order valence-corrected chi connectivity index (χ0v) is 18.1. The molecule has 0 radical (unpaired) electrons. The highest BCUT2D eigenvalue weighted by molar-refractivity contribution is 5.70. The molecule has 2 unspecified atom stereocenters. The zero-order valence-electron chi connectivity index (χ0n) is 18.1. The Morgan fingerprint density at radius 2 is 1.70 bits per heavy atom. The van der Waals surface area contributed by atoms with Crippen LogP contribution in [0.1, 0.15) is 52.9 Å². The number of hydrogen-bond acceptors (Lipinski definition) is 4. The van der Waals surface area contributed by atoms with E-state index in [2.05, 4.69) is 41.2 Å². The van der Waals surface area contributed by atoms with E-state index in [9.17, 15) is 9.18 Å². The third kappa shape index (κ3) is 4.64. The standard InChI is InChI=1S/C26H26FN3O3/c27-22-13-16(15-29-30-26(28)31)5-10-25(22)33-24-12-7-18-14-19(8-9-21(18)24)32-23-11-6-17-3-1-2-4-20(17)23/h1-5,8-10,13-14,23-24,29H,6-7,11-12,15H2,(H3,28,30,31). The summed E-state index contributed by atoms with van der Waals surface area (Å²) in [7, 11) is 0. The second-order valence-corrected chi connectivity index (χ2v) is 8.46. The lowest BCUT2D eigenvalue weighted by atomic mass is 10.1. The minimum Gasteiger partial charge on any atom is -0.486 e. The number of carbonyl (C=O) groups is 1. The van der Waals surface area contributed by atoms with Gasteiger partial charge in [0.1, 0.15) is 18.0 Å². The van der Waals surface area contributed by atoms with Gasteiger partial charge in [0, 0.05) is 6.54 Å². The molecule has 2 aliphatic rings. The number of nitrogens with two attached hydrogens (primary N) is 1. The molecule has 5 rings (SSSR count). The summed E-state index contributed by atoms with van der Waals surface area (Å²) in [4.78, 5) is 10.7. The first-order valence-electron chi connectivity index (χ1n) is 11.2. The molecule has 2 aliphatic carbocycles. The molecule has 2 atom stereocenters. The first-order valence-corrected chi connectivity index (χ1v) is 11.2. The molecule has 0 spiro atoms. The molecule has 33 heavy (non-hydrogen) atoms. The normalized spacial score (nSPS) is 18.5. The van der Waals surface area contributed by atoms with Gasteiger partial charge in [-0.1, -0.05) is 36.4 Å². The van der Waals surface area contributed by atoms with Crippen molar-refractivity contribution in [2.75, 3.05) is 0 Å². The van der Waals surface area contributed by atoms with E-state index in [0.717, 1.165) is 37.0 Å². The average Bonchev–Trinajstić information content (AvgIpc) is 3.39. The van der Waals surface area contributed by atoms with Crippen LogP contribution in [0.3, 0.4) is 0 Å². The maximum absolute atomic E-state index is 14.6. The Labute approximate surface area is 191 Å². The molecule has 0 heterocycles. The molecule has 6 nitrogen and oxygen atoms in total. The summed E-state index contributed by atoms with van der Waals surface area (Å²) in [5, 5.41) is 0.